The molecule has 106 valence electrons. The third-order valence-electron chi connectivity index (χ3n) is 3.32. The molecule has 0 bridgehead atoms. The molecule has 0 unspecified atom stereocenters. The summed E-state index contributed by atoms with van der Waals surface area (Å²) in [5, 5.41) is 0. The van der Waals surface area contributed by atoms with Crippen LogP contribution in [0.1, 0.15) is 46.5 Å². The van der Waals surface area contributed by atoms with E-state index in [1.165, 1.54) is 38.8 Å². The Morgan fingerprint density at radius 1 is 1.11 bits per heavy atom. The molecule has 0 saturated heterocycles. The van der Waals surface area contributed by atoms with Gasteiger partial charge in [0.05, 0.1) is 20.1 Å². The van der Waals surface area contributed by atoms with Crippen molar-refractivity contribution in [3.8, 4) is 0 Å². The number of hydrogen-bond donors (Lipinski definition) is 0. The molecule has 3 heteroatoms. The van der Waals surface area contributed by atoms with E-state index >= 15 is 0 Å². The first-order valence-corrected chi connectivity index (χ1v) is 7.11. The fourth-order valence-corrected chi connectivity index (χ4v) is 1.90. The zero-order chi connectivity index (χ0) is 14.0. The van der Waals surface area contributed by atoms with E-state index in [0.717, 1.165) is 11.0 Å². The van der Waals surface area contributed by atoms with Crippen LogP contribution in [0.4, 0.5) is 0 Å². The summed E-state index contributed by atoms with van der Waals surface area (Å²) >= 11 is 0. The summed E-state index contributed by atoms with van der Waals surface area (Å²) < 4.78 is 6.21. The molecule has 18 heavy (non-hydrogen) atoms. The highest BCUT2D eigenvalue weighted by molar-refractivity contribution is 5.86. The molecular weight excluding hydrogens is 226 g/mol. The number of unbranched alkanes of at least 4 members (excludes halogenated alkanes) is 2. The lowest BCUT2D eigenvalue weighted by Crippen LogP contribution is -2.48. The molecule has 0 amide bonds. The van der Waals surface area contributed by atoms with Gasteiger partial charge in [-0.05, 0) is 19.8 Å². The number of quaternary nitrogens is 1. The van der Waals surface area contributed by atoms with E-state index in [-0.39, 0.29) is 5.97 Å². The van der Waals surface area contributed by atoms with Crippen LogP contribution in [0, 0.1) is 0 Å². The molecular formula is C15H30NO2+. The highest BCUT2D eigenvalue weighted by atomic mass is 16.5. The van der Waals surface area contributed by atoms with Gasteiger partial charge in [-0.3, -0.25) is 0 Å². The van der Waals surface area contributed by atoms with Crippen molar-refractivity contribution in [3.05, 3.63) is 12.2 Å². The highest BCUT2D eigenvalue weighted by Crippen LogP contribution is 2.09. The molecule has 0 aromatic rings. The normalized spacial score (nSPS) is 11.3. The minimum Gasteiger partial charge on any atom is -0.456 e. The van der Waals surface area contributed by atoms with Crippen molar-refractivity contribution in [2.75, 3.05) is 33.3 Å². The Kier molecular flexibility index (Phi) is 8.73. The molecule has 0 aliphatic heterocycles. The van der Waals surface area contributed by atoms with Crippen molar-refractivity contribution < 1.29 is 14.0 Å². The van der Waals surface area contributed by atoms with Gasteiger partial charge in [-0.15, -0.1) is 0 Å². The zero-order valence-electron chi connectivity index (χ0n) is 12.6. The molecule has 0 radical (unpaired) electrons. The van der Waals surface area contributed by atoms with E-state index in [4.69, 9.17) is 4.74 Å². The Morgan fingerprint density at radius 2 is 1.61 bits per heavy atom. The van der Waals surface area contributed by atoms with E-state index < -0.39 is 0 Å². The van der Waals surface area contributed by atoms with Gasteiger partial charge in [0.2, 0.25) is 0 Å². The number of carbonyl (C=O) groups excluding carboxylic acids is 1. The molecule has 0 spiro atoms. The summed E-state index contributed by atoms with van der Waals surface area (Å²) in [6.45, 7) is 13.4. The van der Waals surface area contributed by atoms with Gasteiger partial charge in [0.15, 0.2) is 0 Å². The van der Waals surface area contributed by atoms with Gasteiger partial charge in [0.25, 0.3) is 0 Å². The third-order valence-corrected chi connectivity index (χ3v) is 3.32. The van der Waals surface area contributed by atoms with Gasteiger partial charge >= 0.3 is 5.97 Å². The molecule has 0 rings (SSSR count). The maximum atomic E-state index is 11.3. The predicted octanol–water partition coefficient (Wildman–Crippen LogP) is 3.15. The molecule has 0 saturated carbocycles. The van der Waals surface area contributed by atoms with Crippen molar-refractivity contribution in [2.24, 2.45) is 0 Å². The summed E-state index contributed by atoms with van der Waals surface area (Å²) in [5.74, 6) is -0.271. The number of ether oxygens (including phenoxy) is 1. The first-order valence-electron chi connectivity index (χ1n) is 7.11. The Bertz CT molecular complexity index is 253. The number of hydrogen-bond acceptors (Lipinski definition) is 2. The average Bonchev–Trinajstić information content (AvgIpc) is 2.34. The van der Waals surface area contributed by atoms with Crippen LogP contribution in [0.5, 0.6) is 0 Å². The fourth-order valence-electron chi connectivity index (χ4n) is 1.90. The van der Waals surface area contributed by atoms with Crippen molar-refractivity contribution in [2.45, 2.75) is 46.5 Å². The highest BCUT2D eigenvalue weighted by Gasteiger charge is 2.20. The van der Waals surface area contributed by atoms with E-state index in [2.05, 4.69) is 27.5 Å². The smallest absolute Gasteiger partial charge is 0.333 e. The minimum atomic E-state index is -0.271. The van der Waals surface area contributed by atoms with Crippen LogP contribution in [-0.4, -0.2) is 43.7 Å². The second-order valence-electron chi connectivity index (χ2n) is 5.41. The van der Waals surface area contributed by atoms with Gasteiger partial charge in [-0.25, -0.2) is 4.79 Å². The largest absolute Gasteiger partial charge is 0.456 e. The fraction of sp³-hybridized carbons (Fsp3) is 0.800. The molecule has 0 N–H and O–H groups in total. The number of likely N-dealkylation sites (N-methyl/N-ethyl adjacent to an activating group) is 1. The van der Waals surface area contributed by atoms with Crippen LogP contribution in [0.15, 0.2) is 12.2 Å². The first-order chi connectivity index (χ1) is 8.45. The van der Waals surface area contributed by atoms with E-state index in [1.54, 1.807) is 6.92 Å². The molecule has 0 aliphatic rings. The molecule has 0 fully saturated rings. The number of nitrogens with zero attached hydrogens (tertiary/aromatic N) is 1. The molecule has 0 aromatic heterocycles. The van der Waals surface area contributed by atoms with E-state index in [0.29, 0.717) is 12.2 Å². The first kappa shape index (κ1) is 17.2. The van der Waals surface area contributed by atoms with Crippen molar-refractivity contribution >= 4 is 5.97 Å². The van der Waals surface area contributed by atoms with Crippen molar-refractivity contribution in [1.29, 1.82) is 0 Å². The predicted molar refractivity (Wildman–Crippen MR) is 76.4 cm³/mol. The van der Waals surface area contributed by atoms with Crippen LogP contribution >= 0.6 is 0 Å². The zero-order valence-corrected chi connectivity index (χ0v) is 12.6. The molecule has 0 atom stereocenters. The van der Waals surface area contributed by atoms with Crippen molar-refractivity contribution in [1.82, 2.24) is 0 Å². The Hall–Kier alpha value is -0.830. The monoisotopic (exact) mass is 256 g/mol. The van der Waals surface area contributed by atoms with Crippen LogP contribution < -0.4 is 0 Å². The molecule has 0 aromatic carbocycles. The quantitative estimate of drug-likeness (QED) is 0.341. The average molecular weight is 256 g/mol. The maximum absolute atomic E-state index is 11.3. The van der Waals surface area contributed by atoms with Crippen LogP contribution in [0.25, 0.3) is 0 Å². The number of carbonyl (C=O) groups is 1. The van der Waals surface area contributed by atoms with Crippen LogP contribution in [0.3, 0.4) is 0 Å². The summed E-state index contributed by atoms with van der Waals surface area (Å²) in [6.07, 6.45) is 4.89. The SMILES string of the molecule is C=C(C)C(=O)OCC[N+](C)(CCCC)CCCC. The summed E-state index contributed by atoms with van der Waals surface area (Å²) in [6, 6.07) is 0. The minimum absolute atomic E-state index is 0.271. The second-order valence-corrected chi connectivity index (χ2v) is 5.41. The van der Waals surface area contributed by atoms with Crippen LogP contribution in [-0.2, 0) is 9.53 Å². The lowest BCUT2D eigenvalue weighted by atomic mass is 10.2. The molecule has 0 aliphatic carbocycles. The van der Waals surface area contributed by atoms with Gasteiger partial charge in [-0.1, -0.05) is 33.3 Å². The van der Waals surface area contributed by atoms with Gasteiger partial charge in [0, 0.05) is 5.57 Å². The van der Waals surface area contributed by atoms with E-state index in [9.17, 15) is 4.79 Å². The second kappa shape index (κ2) is 9.15. The van der Waals surface area contributed by atoms with Crippen molar-refractivity contribution in [3.63, 3.8) is 0 Å². The lowest BCUT2D eigenvalue weighted by molar-refractivity contribution is -0.910. The summed E-state index contributed by atoms with van der Waals surface area (Å²) in [4.78, 5) is 11.3. The molecule has 0 heterocycles. The molecule has 3 nitrogen and oxygen atoms in total. The number of rotatable bonds is 10. The standard InChI is InChI=1S/C15H30NO2/c1-6-8-10-16(5,11-9-7-2)12-13-18-15(17)14(3)4/h3,6-13H2,1-2,4-5H3/q+1. The number of esters is 1. The van der Waals surface area contributed by atoms with Gasteiger partial charge in [-0.2, -0.15) is 0 Å². The Balaban J connectivity index is 4.14. The topological polar surface area (TPSA) is 26.3 Å². The maximum Gasteiger partial charge on any atom is 0.333 e. The Labute approximate surface area is 112 Å². The summed E-state index contributed by atoms with van der Waals surface area (Å²) in [5.41, 5.74) is 0.478. The summed E-state index contributed by atoms with van der Waals surface area (Å²) in [7, 11) is 2.26. The van der Waals surface area contributed by atoms with Gasteiger partial charge < -0.3 is 9.22 Å². The van der Waals surface area contributed by atoms with E-state index in [1.807, 2.05) is 0 Å². The Morgan fingerprint density at radius 3 is 2.00 bits per heavy atom. The van der Waals surface area contributed by atoms with Gasteiger partial charge in [0.1, 0.15) is 13.2 Å². The lowest BCUT2D eigenvalue weighted by Gasteiger charge is -2.34. The van der Waals surface area contributed by atoms with Crippen LogP contribution in [0.2, 0.25) is 0 Å². The third kappa shape index (κ3) is 7.49.